The molecule has 0 aliphatic carbocycles. The number of hydrogen-bond acceptors (Lipinski definition) is 4. The zero-order valence-corrected chi connectivity index (χ0v) is 13.9. The van der Waals surface area contributed by atoms with Crippen LogP contribution in [0.25, 0.3) is 0 Å². The molecule has 1 aromatic carbocycles. The smallest absolute Gasteiger partial charge is 0.307 e. The van der Waals surface area contributed by atoms with E-state index in [0.717, 1.165) is 28.1 Å². The third-order valence-corrected chi connectivity index (χ3v) is 4.24. The third kappa shape index (κ3) is 4.11. The molecule has 1 heterocycles. The molecule has 0 bridgehead atoms. The number of carbonyl (C=O) groups is 1. The molecule has 0 saturated heterocycles. The average Bonchev–Trinajstić information content (AvgIpc) is 2.46. The summed E-state index contributed by atoms with van der Waals surface area (Å²) in [5.74, 6) is 0.344. The van der Waals surface area contributed by atoms with Crippen molar-refractivity contribution in [2.75, 3.05) is 26.3 Å². The summed E-state index contributed by atoms with van der Waals surface area (Å²) >= 11 is 3.55. The lowest BCUT2D eigenvalue weighted by Gasteiger charge is -2.25. The topological polar surface area (TPSA) is 59.0 Å². The van der Waals surface area contributed by atoms with Crippen molar-refractivity contribution in [2.24, 2.45) is 5.92 Å². The van der Waals surface area contributed by atoms with E-state index in [1.165, 1.54) is 0 Å². The summed E-state index contributed by atoms with van der Waals surface area (Å²) < 4.78 is 12.1. The molecule has 5 nitrogen and oxygen atoms in total. The van der Waals surface area contributed by atoms with Gasteiger partial charge in [0.25, 0.3) is 0 Å². The second-order valence-electron chi connectivity index (χ2n) is 5.15. The van der Waals surface area contributed by atoms with Crippen LogP contribution in [-0.4, -0.2) is 42.3 Å². The maximum Gasteiger partial charge on any atom is 0.307 e. The Hall–Kier alpha value is -1.27. The fourth-order valence-electron chi connectivity index (χ4n) is 2.24. The van der Waals surface area contributed by atoms with E-state index in [9.17, 15) is 4.79 Å². The van der Waals surface area contributed by atoms with Gasteiger partial charge in [-0.15, -0.1) is 0 Å². The van der Waals surface area contributed by atoms with E-state index in [1.54, 1.807) is 6.92 Å². The molecule has 1 unspecified atom stereocenters. The molecule has 0 amide bonds. The second kappa shape index (κ2) is 7.13. The second-order valence-corrected chi connectivity index (χ2v) is 6.01. The van der Waals surface area contributed by atoms with Crippen LogP contribution >= 0.6 is 15.9 Å². The number of rotatable bonds is 6. The standard InChI is InChI=1S/C15H20BrNO4/c1-3-17(8-10(2)15(18)19)9-11-6-13-14(7-12(11)16)21-5-4-20-13/h6-7,10H,3-5,8-9H2,1-2H3,(H,18,19). The lowest BCUT2D eigenvalue weighted by Crippen LogP contribution is -2.31. The Labute approximate surface area is 133 Å². The summed E-state index contributed by atoms with van der Waals surface area (Å²) in [5.41, 5.74) is 1.07. The number of fused-ring (bicyclic) bond motifs is 1. The van der Waals surface area contributed by atoms with Crippen molar-refractivity contribution < 1.29 is 19.4 Å². The fourth-order valence-corrected chi connectivity index (χ4v) is 2.69. The molecule has 1 N–H and O–H groups in total. The molecule has 1 aromatic rings. The highest BCUT2D eigenvalue weighted by molar-refractivity contribution is 9.10. The Morgan fingerprint density at radius 1 is 1.38 bits per heavy atom. The van der Waals surface area contributed by atoms with Gasteiger partial charge in [-0.1, -0.05) is 29.8 Å². The third-order valence-electron chi connectivity index (χ3n) is 3.51. The highest BCUT2D eigenvalue weighted by Gasteiger charge is 2.19. The highest BCUT2D eigenvalue weighted by atomic mass is 79.9. The molecule has 6 heteroatoms. The molecule has 21 heavy (non-hydrogen) atoms. The summed E-state index contributed by atoms with van der Waals surface area (Å²) in [5, 5.41) is 9.03. The van der Waals surface area contributed by atoms with Gasteiger partial charge in [0, 0.05) is 17.6 Å². The van der Waals surface area contributed by atoms with E-state index >= 15 is 0 Å². The number of halogens is 1. The SMILES string of the molecule is CCN(Cc1cc2c(cc1Br)OCCO2)CC(C)C(=O)O. The van der Waals surface area contributed by atoms with Crippen LogP contribution in [0.4, 0.5) is 0 Å². The number of hydrogen-bond donors (Lipinski definition) is 1. The van der Waals surface area contributed by atoms with Gasteiger partial charge in [-0.3, -0.25) is 9.69 Å². The normalized spacial score (nSPS) is 15.0. The summed E-state index contributed by atoms with van der Waals surface area (Å²) in [6.07, 6.45) is 0. The summed E-state index contributed by atoms with van der Waals surface area (Å²) in [7, 11) is 0. The van der Waals surface area contributed by atoms with Gasteiger partial charge in [0.2, 0.25) is 0 Å². The molecule has 0 spiro atoms. The first kappa shape index (κ1) is 16.1. The van der Waals surface area contributed by atoms with Crippen molar-refractivity contribution in [1.29, 1.82) is 0 Å². The predicted octanol–water partition coefficient (Wildman–Crippen LogP) is 2.76. The van der Waals surface area contributed by atoms with Crippen molar-refractivity contribution in [3.05, 3.63) is 22.2 Å². The maximum absolute atomic E-state index is 11.0. The number of carboxylic acid groups (broad SMARTS) is 1. The van der Waals surface area contributed by atoms with Crippen LogP contribution in [0.15, 0.2) is 16.6 Å². The zero-order valence-electron chi connectivity index (χ0n) is 12.3. The Bertz CT molecular complexity index is 521. The molecule has 0 aromatic heterocycles. The van der Waals surface area contributed by atoms with Gasteiger partial charge in [-0.25, -0.2) is 0 Å². The summed E-state index contributed by atoms with van der Waals surface area (Å²) in [6, 6.07) is 3.88. The van der Waals surface area contributed by atoms with E-state index in [0.29, 0.717) is 26.3 Å². The van der Waals surface area contributed by atoms with E-state index in [2.05, 4.69) is 20.8 Å². The van der Waals surface area contributed by atoms with Crippen LogP contribution in [0.2, 0.25) is 0 Å². The number of aliphatic carboxylic acids is 1. The van der Waals surface area contributed by atoms with Crippen LogP contribution in [0.5, 0.6) is 11.5 Å². The molecule has 1 aliphatic rings. The molecular weight excluding hydrogens is 338 g/mol. The fraction of sp³-hybridized carbons (Fsp3) is 0.533. The van der Waals surface area contributed by atoms with Gasteiger partial charge in [0.1, 0.15) is 13.2 Å². The maximum atomic E-state index is 11.0. The van der Waals surface area contributed by atoms with Crippen molar-refractivity contribution >= 4 is 21.9 Å². The van der Waals surface area contributed by atoms with Crippen molar-refractivity contribution in [3.8, 4) is 11.5 Å². The van der Waals surface area contributed by atoms with Crippen molar-refractivity contribution in [2.45, 2.75) is 20.4 Å². The first-order valence-electron chi connectivity index (χ1n) is 7.04. The van der Waals surface area contributed by atoms with Crippen LogP contribution in [0.3, 0.4) is 0 Å². The first-order chi connectivity index (χ1) is 10.0. The molecule has 116 valence electrons. The van der Waals surface area contributed by atoms with Crippen molar-refractivity contribution in [3.63, 3.8) is 0 Å². The Balaban J connectivity index is 2.11. The number of nitrogens with zero attached hydrogens (tertiary/aromatic N) is 1. The largest absolute Gasteiger partial charge is 0.486 e. The monoisotopic (exact) mass is 357 g/mol. The van der Waals surface area contributed by atoms with Crippen LogP contribution in [0.1, 0.15) is 19.4 Å². The lowest BCUT2D eigenvalue weighted by molar-refractivity contribution is -0.141. The minimum absolute atomic E-state index is 0.388. The van der Waals surface area contributed by atoms with Crippen molar-refractivity contribution in [1.82, 2.24) is 4.90 Å². The van der Waals surface area contributed by atoms with E-state index < -0.39 is 5.97 Å². The molecule has 1 atom stereocenters. The Morgan fingerprint density at radius 2 is 2.00 bits per heavy atom. The summed E-state index contributed by atoms with van der Waals surface area (Å²) in [4.78, 5) is 13.1. The predicted molar refractivity (Wildman–Crippen MR) is 82.9 cm³/mol. The van der Waals surface area contributed by atoms with Gasteiger partial charge < -0.3 is 14.6 Å². The van der Waals surface area contributed by atoms with Gasteiger partial charge in [-0.05, 0) is 24.2 Å². The molecule has 0 fully saturated rings. The summed E-state index contributed by atoms with van der Waals surface area (Å²) in [6.45, 7) is 6.86. The molecule has 1 aliphatic heterocycles. The number of ether oxygens (including phenoxy) is 2. The number of carboxylic acids is 1. The average molecular weight is 358 g/mol. The Kier molecular flexibility index (Phi) is 5.47. The van der Waals surface area contributed by atoms with Gasteiger partial charge in [0.15, 0.2) is 11.5 Å². The minimum atomic E-state index is -0.769. The molecule has 0 saturated carbocycles. The highest BCUT2D eigenvalue weighted by Crippen LogP contribution is 2.36. The van der Waals surface area contributed by atoms with E-state index in [-0.39, 0.29) is 5.92 Å². The quantitative estimate of drug-likeness (QED) is 0.848. The molecule has 2 rings (SSSR count). The van der Waals surface area contributed by atoms with Gasteiger partial charge in [-0.2, -0.15) is 0 Å². The van der Waals surface area contributed by atoms with Gasteiger partial charge >= 0.3 is 5.97 Å². The van der Waals surface area contributed by atoms with E-state index in [1.807, 2.05) is 19.1 Å². The number of benzene rings is 1. The van der Waals surface area contributed by atoms with Crippen LogP contribution in [-0.2, 0) is 11.3 Å². The molecule has 0 radical (unpaired) electrons. The first-order valence-corrected chi connectivity index (χ1v) is 7.83. The van der Waals surface area contributed by atoms with E-state index in [4.69, 9.17) is 14.6 Å². The van der Waals surface area contributed by atoms with Crippen LogP contribution < -0.4 is 9.47 Å². The minimum Gasteiger partial charge on any atom is -0.486 e. The Morgan fingerprint density at radius 3 is 2.57 bits per heavy atom. The van der Waals surface area contributed by atoms with Crippen LogP contribution in [0, 0.1) is 5.92 Å². The molecular formula is C15H20BrNO4. The zero-order chi connectivity index (χ0) is 15.4. The van der Waals surface area contributed by atoms with Gasteiger partial charge in [0.05, 0.1) is 5.92 Å². The lowest BCUT2D eigenvalue weighted by atomic mass is 10.1.